The molecule has 2 rings (SSSR count). The van der Waals surface area contributed by atoms with Gasteiger partial charge < -0.3 is 10.2 Å². The number of benzene rings is 2. The Kier molecular flexibility index (Phi) is 10.6. The minimum Gasteiger partial charge on any atom is -0.354 e. The van der Waals surface area contributed by atoms with Crippen LogP contribution in [0.15, 0.2) is 53.4 Å². The molecule has 0 bridgehead atoms. The third-order valence-corrected chi connectivity index (χ3v) is 6.28. The van der Waals surface area contributed by atoms with Crippen molar-refractivity contribution in [3.63, 3.8) is 0 Å². The van der Waals surface area contributed by atoms with Gasteiger partial charge >= 0.3 is 0 Å². The van der Waals surface area contributed by atoms with Crippen molar-refractivity contribution in [2.45, 2.75) is 50.6 Å². The molecule has 7 heteroatoms. The number of nitrogens with one attached hydrogen (secondary N) is 1. The minimum absolute atomic E-state index is 0.0809. The van der Waals surface area contributed by atoms with Gasteiger partial charge in [-0.05, 0) is 43.2 Å². The predicted molar refractivity (Wildman–Crippen MR) is 126 cm³/mol. The highest BCUT2D eigenvalue weighted by Gasteiger charge is 2.26. The van der Waals surface area contributed by atoms with Crippen LogP contribution in [0.1, 0.15) is 38.7 Å². The molecule has 0 aliphatic rings. The van der Waals surface area contributed by atoms with Gasteiger partial charge in [-0.15, -0.1) is 11.8 Å². The molecule has 0 heterocycles. The number of rotatable bonds is 11. The van der Waals surface area contributed by atoms with Gasteiger partial charge in [0.25, 0.3) is 0 Å². The Hall–Kier alpha value is -1.69. The maximum Gasteiger partial charge on any atom is 0.242 e. The van der Waals surface area contributed by atoms with Gasteiger partial charge in [0.1, 0.15) is 6.04 Å². The lowest BCUT2D eigenvalue weighted by Gasteiger charge is -2.29. The summed E-state index contributed by atoms with van der Waals surface area (Å²) in [6, 6.07) is 14.5. The van der Waals surface area contributed by atoms with Crippen LogP contribution in [0.2, 0.25) is 10.0 Å². The van der Waals surface area contributed by atoms with Crippen LogP contribution in [-0.4, -0.2) is 35.1 Å². The van der Waals surface area contributed by atoms with Crippen LogP contribution in [-0.2, 0) is 16.1 Å². The highest BCUT2D eigenvalue weighted by Crippen LogP contribution is 2.24. The number of nitrogens with zero attached hydrogens (tertiary/aromatic N) is 1. The number of carbonyl (C=O) groups excluding carboxylic acids is 2. The Morgan fingerprint density at radius 2 is 1.87 bits per heavy atom. The summed E-state index contributed by atoms with van der Waals surface area (Å²) >= 11 is 13.9. The summed E-state index contributed by atoms with van der Waals surface area (Å²) in [5.41, 5.74) is 0.762. The number of hydrogen-bond acceptors (Lipinski definition) is 3. The van der Waals surface area contributed by atoms with E-state index in [1.807, 2.05) is 30.3 Å². The summed E-state index contributed by atoms with van der Waals surface area (Å²) in [7, 11) is 0. The van der Waals surface area contributed by atoms with Crippen LogP contribution in [0.3, 0.4) is 0 Å². The smallest absolute Gasteiger partial charge is 0.242 e. The zero-order valence-corrected chi connectivity index (χ0v) is 19.7. The van der Waals surface area contributed by atoms with Crippen molar-refractivity contribution in [1.29, 1.82) is 0 Å². The van der Waals surface area contributed by atoms with Crippen LogP contribution in [0.5, 0.6) is 0 Å². The average Bonchev–Trinajstić information content (AvgIpc) is 2.73. The molecule has 4 nitrogen and oxygen atoms in total. The second-order valence-electron chi connectivity index (χ2n) is 6.99. The fourth-order valence-corrected chi connectivity index (χ4v) is 4.20. The van der Waals surface area contributed by atoms with Gasteiger partial charge in [-0.2, -0.15) is 0 Å². The summed E-state index contributed by atoms with van der Waals surface area (Å²) < 4.78 is 0. The van der Waals surface area contributed by atoms with Gasteiger partial charge in [0, 0.05) is 40.2 Å². The van der Waals surface area contributed by atoms with E-state index in [1.54, 1.807) is 41.8 Å². The molecule has 30 heavy (non-hydrogen) atoms. The lowest BCUT2D eigenvalue weighted by Crippen LogP contribution is -2.47. The first-order chi connectivity index (χ1) is 14.4. The summed E-state index contributed by atoms with van der Waals surface area (Å²) in [5, 5.41) is 3.94. The average molecular weight is 467 g/mol. The molecule has 0 aliphatic heterocycles. The van der Waals surface area contributed by atoms with Gasteiger partial charge in [0.05, 0.1) is 0 Å². The Morgan fingerprint density at radius 3 is 2.53 bits per heavy atom. The third-order valence-electron chi connectivity index (χ3n) is 4.68. The Morgan fingerprint density at radius 1 is 1.13 bits per heavy atom. The molecular weight excluding hydrogens is 439 g/mol. The van der Waals surface area contributed by atoms with Gasteiger partial charge in [-0.3, -0.25) is 9.59 Å². The van der Waals surface area contributed by atoms with Crippen molar-refractivity contribution in [3.05, 3.63) is 64.1 Å². The van der Waals surface area contributed by atoms with Crippen molar-refractivity contribution in [2.75, 3.05) is 12.3 Å². The standard InChI is InChI=1S/C23H28Cl2N2O2S/c1-3-4-13-26-23(29)17(2)27(16-18-10-11-19(24)15-21(18)25)22(28)12-14-30-20-8-6-5-7-9-20/h5-11,15,17H,3-4,12-14,16H2,1-2H3,(H,26,29)/t17-/m1/s1. The number of unbranched alkanes of at least 4 members (excludes halogenated alkanes) is 1. The van der Waals surface area contributed by atoms with Crippen molar-refractivity contribution in [2.24, 2.45) is 0 Å². The molecule has 0 aliphatic carbocycles. The summed E-state index contributed by atoms with van der Waals surface area (Å²) in [5.74, 6) is 0.401. The summed E-state index contributed by atoms with van der Waals surface area (Å²) in [6.45, 7) is 4.69. The quantitative estimate of drug-likeness (QED) is 0.335. The highest BCUT2D eigenvalue weighted by atomic mass is 35.5. The molecule has 0 aromatic heterocycles. The zero-order chi connectivity index (χ0) is 21.9. The number of hydrogen-bond donors (Lipinski definition) is 1. The van der Waals surface area contributed by atoms with Crippen LogP contribution >= 0.6 is 35.0 Å². The van der Waals surface area contributed by atoms with E-state index in [9.17, 15) is 9.59 Å². The van der Waals surface area contributed by atoms with Gasteiger partial charge in [0.2, 0.25) is 11.8 Å². The molecule has 0 radical (unpaired) electrons. The lowest BCUT2D eigenvalue weighted by molar-refractivity contribution is -0.140. The summed E-state index contributed by atoms with van der Waals surface area (Å²) in [4.78, 5) is 28.4. The van der Waals surface area contributed by atoms with E-state index in [-0.39, 0.29) is 18.4 Å². The molecule has 0 saturated carbocycles. The number of carbonyl (C=O) groups is 2. The maximum atomic E-state index is 13.1. The van der Waals surface area contributed by atoms with Crippen LogP contribution in [0, 0.1) is 0 Å². The monoisotopic (exact) mass is 466 g/mol. The Labute approximate surface area is 193 Å². The molecule has 162 valence electrons. The first-order valence-corrected chi connectivity index (χ1v) is 11.9. The minimum atomic E-state index is -0.595. The lowest BCUT2D eigenvalue weighted by atomic mass is 10.1. The van der Waals surface area contributed by atoms with E-state index in [1.165, 1.54) is 0 Å². The molecular formula is C23H28Cl2N2O2S. The van der Waals surface area contributed by atoms with E-state index in [2.05, 4.69) is 12.2 Å². The van der Waals surface area contributed by atoms with Crippen LogP contribution in [0.25, 0.3) is 0 Å². The van der Waals surface area contributed by atoms with E-state index < -0.39 is 6.04 Å². The normalized spacial score (nSPS) is 11.7. The van der Waals surface area contributed by atoms with Crippen molar-refractivity contribution in [1.82, 2.24) is 10.2 Å². The number of thioether (sulfide) groups is 1. The molecule has 1 N–H and O–H groups in total. The van der Waals surface area contributed by atoms with Gasteiger partial charge in [0.15, 0.2) is 0 Å². The Balaban J connectivity index is 2.08. The van der Waals surface area contributed by atoms with Gasteiger partial charge in [-0.25, -0.2) is 0 Å². The van der Waals surface area contributed by atoms with Crippen LogP contribution in [0.4, 0.5) is 0 Å². The van der Waals surface area contributed by atoms with E-state index >= 15 is 0 Å². The molecule has 0 unspecified atom stereocenters. The Bertz CT molecular complexity index is 833. The number of amides is 2. The van der Waals surface area contributed by atoms with Crippen molar-refractivity contribution in [3.8, 4) is 0 Å². The van der Waals surface area contributed by atoms with Gasteiger partial charge in [-0.1, -0.05) is 60.8 Å². The van der Waals surface area contributed by atoms with Crippen molar-refractivity contribution >= 4 is 46.8 Å². The second kappa shape index (κ2) is 12.9. The molecule has 0 saturated heterocycles. The van der Waals surface area contributed by atoms with E-state index in [0.717, 1.165) is 23.3 Å². The topological polar surface area (TPSA) is 49.4 Å². The molecule has 2 amide bonds. The highest BCUT2D eigenvalue weighted by molar-refractivity contribution is 7.99. The largest absolute Gasteiger partial charge is 0.354 e. The fourth-order valence-electron chi connectivity index (χ4n) is 2.87. The fraction of sp³-hybridized carbons (Fsp3) is 0.391. The van der Waals surface area contributed by atoms with E-state index in [4.69, 9.17) is 23.2 Å². The molecule has 2 aromatic rings. The third kappa shape index (κ3) is 7.86. The maximum absolute atomic E-state index is 13.1. The number of halogens is 2. The first-order valence-electron chi connectivity index (χ1n) is 10.1. The SMILES string of the molecule is CCCCNC(=O)[C@@H](C)N(Cc1ccc(Cl)cc1Cl)C(=O)CCSc1ccccc1. The second-order valence-corrected chi connectivity index (χ2v) is 9.00. The molecule has 1 atom stereocenters. The molecule has 0 fully saturated rings. The van der Waals surface area contributed by atoms with Crippen LogP contribution < -0.4 is 5.32 Å². The molecule has 2 aromatic carbocycles. The summed E-state index contributed by atoms with van der Waals surface area (Å²) in [6.07, 6.45) is 2.23. The molecule has 0 spiro atoms. The van der Waals surface area contributed by atoms with E-state index in [0.29, 0.717) is 28.8 Å². The van der Waals surface area contributed by atoms with Crippen molar-refractivity contribution < 1.29 is 9.59 Å². The predicted octanol–water partition coefficient (Wildman–Crippen LogP) is 5.81. The first kappa shape index (κ1) is 24.6. The zero-order valence-electron chi connectivity index (χ0n) is 17.4.